The lowest BCUT2D eigenvalue weighted by Crippen LogP contribution is -2.49. The quantitative estimate of drug-likeness (QED) is 0.564. The van der Waals surface area contributed by atoms with Crippen molar-refractivity contribution in [2.75, 3.05) is 39.4 Å². The normalized spacial score (nSPS) is 23.1. The lowest BCUT2D eigenvalue weighted by Gasteiger charge is -2.35. The van der Waals surface area contributed by atoms with E-state index in [9.17, 15) is 14.4 Å². The summed E-state index contributed by atoms with van der Waals surface area (Å²) in [5, 5.41) is 5.94. The molecule has 1 aliphatic carbocycles. The number of amides is 4. The van der Waals surface area contributed by atoms with E-state index in [1.54, 1.807) is 0 Å². The molecule has 0 aromatic rings. The standard InChI is InChI=1S/C21H36N4O4/c1-16(2)14-17(24-10-12-29-13-11-24)15-22-18(26)6-5-9-25-19(27)21(23-20(25)28)7-3-4-8-21/h16-17H,3-15H2,1-2H3,(H,22,26)(H,23,28). The third-order valence-corrected chi connectivity index (χ3v) is 6.33. The Hall–Kier alpha value is -1.67. The second kappa shape index (κ2) is 9.89. The van der Waals surface area contributed by atoms with E-state index in [1.165, 1.54) is 4.90 Å². The van der Waals surface area contributed by atoms with Crippen molar-refractivity contribution in [2.24, 2.45) is 5.92 Å². The van der Waals surface area contributed by atoms with Gasteiger partial charge in [0, 0.05) is 38.6 Å². The minimum absolute atomic E-state index is 0.0188. The van der Waals surface area contributed by atoms with Crippen LogP contribution in [0.1, 0.15) is 58.8 Å². The fourth-order valence-corrected chi connectivity index (χ4v) is 4.76. The minimum atomic E-state index is -0.665. The van der Waals surface area contributed by atoms with Gasteiger partial charge in [-0.3, -0.25) is 19.4 Å². The van der Waals surface area contributed by atoms with Crippen LogP contribution in [0.15, 0.2) is 0 Å². The summed E-state index contributed by atoms with van der Waals surface area (Å²) in [7, 11) is 0. The Morgan fingerprint density at radius 3 is 2.55 bits per heavy atom. The summed E-state index contributed by atoms with van der Waals surface area (Å²) < 4.78 is 5.44. The van der Waals surface area contributed by atoms with E-state index in [2.05, 4.69) is 29.4 Å². The van der Waals surface area contributed by atoms with Crippen LogP contribution in [-0.2, 0) is 14.3 Å². The van der Waals surface area contributed by atoms with Crippen LogP contribution in [0.25, 0.3) is 0 Å². The molecule has 2 aliphatic heterocycles. The zero-order chi connectivity index (χ0) is 20.9. The van der Waals surface area contributed by atoms with Crippen molar-refractivity contribution < 1.29 is 19.1 Å². The van der Waals surface area contributed by atoms with Gasteiger partial charge in [0.05, 0.1) is 13.2 Å². The van der Waals surface area contributed by atoms with Crippen molar-refractivity contribution in [1.82, 2.24) is 20.4 Å². The maximum absolute atomic E-state index is 12.6. The highest BCUT2D eigenvalue weighted by Crippen LogP contribution is 2.35. The molecule has 1 saturated carbocycles. The van der Waals surface area contributed by atoms with Crippen molar-refractivity contribution in [1.29, 1.82) is 0 Å². The second-order valence-electron chi connectivity index (χ2n) is 9.02. The number of hydrogen-bond acceptors (Lipinski definition) is 5. The molecular formula is C21H36N4O4. The van der Waals surface area contributed by atoms with Gasteiger partial charge in [0.1, 0.15) is 5.54 Å². The fraction of sp³-hybridized carbons (Fsp3) is 0.857. The molecule has 29 heavy (non-hydrogen) atoms. The van der Waals surface area contributed by atoms with Crippen molar-refractivity contribution >= 4 is 17.8 Å². The molecule has 2 saturated heterocycles. The van der Waals surface area contributed by atoms with Crippen LogP contribution in [0.3, 0.4) is 0 Å². The summed E-state index contributed by atoms with van der Waals surface area (Å²) in [5.74, 6) is 0.432. The number of nitrogens with one attached hydrogen (secondary N) is 2. The monoisotopic (exact) mass is 408 g/mol. The maximum Gasteiger partial charge on any atom is 0.325 e. The number of nitrogens with zero attached hydrogens (tertiary/aromatic N) is 2. The van der Waals surface area contributed by atoms with Crippen molar-refractivity contribution in [3.63, 3.8) is 0 Å². The molecule has 164 valence electrons. The number of imide groups is 1. The smallest absolute Gasteiger partial charge is 0.325 e. The molecule has 1 atom stereocenters. The Kier molecular flexibility index (Phi) is 7.51. The third kappa shape index (κ3) is 5.48. The summed E-state index contributed by atoms with van der Waals surface area (Å²) >= 11 is 0. The Labute approximate surface area is 173 Å². The van der Waals surface area contributed by atoms with Crippen molar-refractivity contribution in [3.8, 4) is 0 Å². The molecule has 1 spiro atoms. The molecule has 1 unspecified atom stereocenters. The zero-order valence-electron chi connectivity index (χ0n) is 17.9. The van der Waals surface area contributed by atoms with Crippen LogP contribution in [0, 0.1) is 5.92 Å². The topological polar surface area (TPSA) is 91.0 Å². The van der Waals surface area contributed by atoms with Gasteiger partial charge < -0.3 is 15.4 Å². The van der Waals surface area contributed by atoms with E-state index in [0.29, 0.717) is 37.9 Å². The summed E-state index contributed by atoms with van der Waals surface area (Å²) in [6.45, 7) is 8.63. The van der Waals surface area contributed by atoms with E-state index >= 15 is 0 Å². The Bertz CT molecular complexity index is 597. The first-order valence-corrected chi connectivity index (χ1v) is 11.1. The van der Waals surface area contributed by atoms with Gasteiger partial charge in [-0.2, -0.15) is 0 Å². The highest BCUT2D eigenvalue weighted by atomic mass is 16.5. The molecule has 2 N–H and O–H groups in total. The number of hydrogen-bond donors (Lipinski definition) is 2. The first-order valence-electron chi connectivity index (χ1n) is 11.1. The summed E-state index contributed by atoms with van der Waals surface area (Å²) in [6, 6.07) is 0.0117. The molecule has 4 amide bonds. The van der Waals surface area contributed by atoms with Gasteiger partial charge in [0.25, 0.3) is 5.91 Å². The Morgan fingerprint density at radius 1 is 1.21 bits per heavy atom. The predicted octanol–water partition coefficient (Wildman–Crippen LogP) is 1.49. The zero-order valence-corrected chi connectivity index (χ0v) is 17.9. The largest absolute Gasteiger partial charge is 0.379 e. The van der Waals surface area contributed by atoms with Gasteiger partial charge in [-0.15, -0.1) is 0 Å². The Morgan fingerprint density at radius 2 is 1.90 bits per heavy atom. The number of urea groups is 1. The SMILES string of the molecule is CC(C)CC(CNC(=O)CCCN1C(=O)NC2(CCCC2)C1=O)N1CCOCC1. The van der Waals surface area contributed by atoms with Crippen LogP contribution in [-0.4, -0.2) is 78.6 Å². The van der Waals surface area contributed by atoms with Crippen molar-refractivity contribution in [2.45, 2.75) is 70.4 Å². The molecule has 2 heterocycles. The molecule has 0 radical (unpaired) electrons. The molecule has 3 rings (SSSR count). The molecular weight excluding hydrogens is 372 g/mol. The van der Waals surface area contributed by atoms with Gasteiger partial charge >= 0.3 is 6.03 Å². The van der Waals surface area contributed by atoms with E-state index < -0.39 is 5.54 Å². The minimum Gasteiger partial charge on any atom is -0.379 e. The molecule has 3 fully saturated rings. The van der Waals surface area contributed by atoms with E-state index in [1.807, 2.05) is 0 Å². The fourth-order valence-electron chi connectivity index (χ4n) is 4.76. The second-order valence-corrected chi connectivity index (χ2v) is 9.02. The Balaban J connectivity index is 1.41. The summed E-state index contributed by atoms with van der Waals surface area (Å²) in [4.78, 5) is 40.9. The van der Waals surface area contributed by atoms with Crippen LogP contribution in [0.4, 0.5) is 4.79 Å². The summed E-state index contributed by atoms with van der Waals surface area (Å²) in [6.07, 6.45) is 5.26. The summed E-state index contributed by atoms with van der Waals surface area (Å²) in [5.41, 5.74) is -0.665. The van der Waals surface area contributed by atoms with E-state index in [-0.39, 0.29) is 17.8 Å². The molecule has 0 aromatic heterocycles. The average molecular weight is 409 g/mol. The predicted molar refractivity (Wildman–Crippen MR) is 109 cm³/mol. The van der Waals surface area contributed by atoms with Crippen LogP contribution in [0.2, 0.25) is 0 Å². The number of carbonyl (C=O) groups excluding carboxylic acids is 3. The first kappa shape index (κ1) is 22.0. The lowest BCUT2D eigenvalue weighted by molar-refractivity contribution is -0.131. The molecule has 3 aliphatic rings. The first-order chi connectivity index (χ1) is 13.9. The van der Waals surface area contributed by atoms with Gasteiger partial charge in [0.15, 0.2) is 0 Å². The number of rotatable bonds is 9. The number of carbonyl (C=O) groups is 3. The van der Waals surface area contributed by atoms with Gasteiger partial charge in [-0.1, -0.05) is 26.7 Å². The van der Waals surface area contributed by atoms with Crippen LogP contribution >= 0.6 is 0 Å². The molecule has 8 heteroatoms. The van der Waals surface area contributed by atoms with E-state index in [0.717, 1.165) is 58.4 Å². The van der Waals surface area contributed by atoms with Gasteiger partial charge in [-0.05, 0) is 31.6 Å². The maximum atomic E-state index is 12.6. The average Bonchev–Trinajstić information content (AvgIpc) is 3.26. The number of ether oxygens (including phenoxy) is 1. The third-order valence-electron chi connectivity index (χ3n) is 6.33. The van der Waals surface area contributed by atoms with Crippen molar-refractivity contribution in [3.05, 3.63) is 0 Å². The van der Waals surface area contributed by atoms with Crippen LogP contribution in [0.5, 0.6) is 0 Å². The number of morpholine rings is 1. The lowest BCUT2D eigenvalue weighted by atomic mass is 9.98. The molecule has 0 bridgehead atoms. The molecule has 0 aromatic carbocycles. The highest BCUT2D eigenvalue weighted by molar-refractivity contribution is 6.07. The van der Waals surface area contributed by atoms with E-state index in [4.69, 9.17) is 4.74 Å². The van der Waals surface area contributed by atoms with Gasteiger partial charge in [0.2, 0.25) is 5.91 Å². The molecule has 8 nitrogen and oxygen atoms in total. The van der Waals surface area contributed by atoms with Gasteiger partial charge in [-0.25, -0.2) is 4.79 Å². The highest BCUT2D eigenvalue weighted by Gasteiger charge is 2.52. The van der Waals surface area contributed by atoms with Crippen LogP contribution < -0.4 is 10.6 Å².